The Kier molecular flexibility index (Phi) is 5.35. The summed E-state index contributed by atoms with van der Waals surface area (Å²) in [6.07, 6.45) is 0.904. The smallest absolute Gasteiger partial charge is 0.241 e. The maximum Gasteiger partial charge on any atom is 0.241 e. The maximum atomic E-state index is 11.9. The van der Waals surface area contributed by atoms with Crippen LogP contribution >= 0.6 is 0 Å². The Balaban J connectivity index is 2.65. The molecule has 0 radical (unpaired) electrons. The minimum Gasteiger partial charge on any atom is -0.325 e. The summed E-state index contributed by atoms with van der Waals surface area (Å²) < 4.78 is 0. The van der Waals surface area contributed by atoms with Crippen LogP contribution in [0.15, 0.2) is 24.3 Å². The van der Waals surface area contributed by atoms with Gasteiger partial charge in [-0.2, -0.15) is 0 Å². The van der Waals surface area contributed by atoms with E-state index < -0.39 is 6.04 Å². The monoisotopic (exact) mass is 248 g/mol. The topological polar surface area (TPSA) is 55.1 Å². The second-order valence-corrected chi connectivity index (χ2v) is 5.18. The second-order valence-electron chi connectivity index (χ2n) is 5.18. The molecular formula is C15H24N2O. The molecule has 1 aromatic rings. The molecule has 1 rings (SSSR count). The third kappa shape index (κ3) is 3.84. The highest BCUT2D eigenvalue weighted by atomic mass is 16.2. The highest BCUT2D eigenvalue weighted by Crippen LogP contribution is 2.17. The van der Waals surface area contributed by atoms with E-state index in [1.165, 1.54) is 5.56 Å². The average Bonchev–Trinajstić information content (AvgIpc) is 2.37. The number of nitrogens with two attached hydrogens (primary N) is 1. The number of anilines is 1. The zero-order valence-electron chi connectivity index (χ0n) is 11.7. The Morgan fingerprint density at radius 3 is 2.22 bits per heavy atom. The van der Waals surface area contributed by atoms with Crippen LogP contribution in [0.3, 0.4) is 0 Å². The minimum atomic E-state index is -0.445. The fourth-order valence-electron chi connectivity index (χ4n) is 1.69. The van der Waals surface area contributed by atoms with Gasteiger partial charge in [0.05, 0.1) is 6.04 Å². The van der Waals surface area contributed by atoms with Crippen LogP contribution < -0.4 is 11.1 Å². The minimum absolute atomic E-state index is 0.110. The molecule has 1 amide bonds. The molecule has 0 fully saturated rings. The molecule has 3 N–H and O–H groups in total. The van der Waals surface area contributed by atoms with Gasteiger partial charge in [-0.15, -0.1) is 0 Å². The average molecular weight is 248 g/mol. The summed E-state index contributed by atoms with van der Waals surface area (Å²) in [5.41, 5.74) is 7.96. The van der Waals surface area contributed by atoms with Gasteiger partial charge in [0.25, 0.3) is 0 Å². The van der Waals surface area contributed by atoms with E-state index in [9.17, 15) is 4.79 Å². The predicted octanol–water partition coefficient (Wildman–Crippen LogP) is 3.12. The van der Waals surface area contributed by atoms with Crippen LogP contribution in [0.25, 0.3) is 0 Å². The molecule has 0 heterocycles. The van der Waals surface area contributed by atoms with Crippen LogP contribution in [0.1, 0.15) is 45.6 Å². The lowest BCUT2D eigenvalue weighted by molar-refractivity contribution is -0.118. The van der Waals surface area contributed by atoms with Crippen LogP contribution in [0.2, 0.25) is 0 Å². The van der Waals surface area contributed by atoms with Crippen molar-refractivity contribution in [3.63, 3.8) is 0 Å². The lowest BCUT2D eigenvalue weighted by Crippen LogP contribution is -2.40. The molecule has 0 aliphatic carbocycles. The lowest BCUT2D eigenvalue weighted by Gasteiger charge is -2.18. The van der Waals surface area contributed by atoms with Crippen molar-refractivity contribution in [1.82, 2.24) is 0 Å². The number of nitrogens with one attached hydrogen (secondary N) is 1. The molecule has 0 bridgehead atoms. The third-order valence-corrected chi connectivity index (χ3v) is 3.40. The van der Waals surface area contributed by atoms with E-state index in [0.717, 1.165) is 12.1 Å². The van der Waals surface area contributed by atoms with E-state index in [4.69, 9.17) is 5.73 Å². The zero-order valence-corrected chi connectivity index (χ0v) is 11.7. The van der Waals surface area contributed by atoms with Gasteiger partial charge < -0.3 is 11.1 Å². The summed E-state index contributed by atoms with van der Waals surface area (Å²) in [6.45, 7) is 8.32. The summed E-state index contributed by atoms with van der Waals surface area (Å²) in [5.74, 6) is 0.582. The van der Waals surface area contributed by atoms with Crippen LogP contribution in [0.5, 0.6) is 0 Å². The van der Waals surface area contributed by atoms with Gasteiger partial charge in [-0.1, -0.05) is 46.2 Å². The molecule has 2 atom stereocenters. The standard InChI is InChI=1S/C15H24N2O/c1-5-11(4)14(16)15(18)17-13-8-6-12(7-9-13)10(2)3/h6-11,14H,5,16H2,1-4H3,(H,17,18). The SMILES string of the molecule is CCC(C)C(N)C(=O)Nc1ccc(C(C)C)cc1. The third-order valence-electron chi connectivity index (χ3n) is 3.40. The second kappa shape index (κ2) is 6.55. The van der Waals surface area contributed by atoms with Crippen molar-refractivity contribution in [2.75, 3.05) is 5.32 Å². The van der Waals surface area contributed by atoms with E-state index in [0.29, 0.717) is 5.92 Å². The van der Waals surface area contributed by atoms with Crippen LogP contribution in [0.4, 0.5) is 5.69 Å². The molecule has 1 aromatic carbocycles. The van der Waals surface area contributed by atoms with Gasteiger partial charge in [-0.05, 0) is 29.5 Å². The highest BCUT2D eigenvalue weighted by Gasteiger charge is 2.19. The number of amides is 1. The van der Waals surface area contributed by atoms with Gasteiger partial charge in [0.1, 0.15) is 0 Å². The first-order valence-corrected chi connectivity index (χ1v) is 6.62. The van der Waals surface area contributed by atoms with Gasteiger partial charge in [-0.3, -0.25) is 4.79 Å². The van der Waals surface area contributed by atoms with Crippen molar-refractivity contribution in [2.24, 2.45) is 11.7 Å². The Labute approximate surface area is 110 Å². The molecule has 3 nitrogen and oxygen atoms in total. The van der Waals surface area contributed by atoms with Gasteiger partial charge >= 0.3 is 0 Å². The number of rotatable bonds is 5. The Morgan fingerprint density at radius 1 is 1.22 bits per heavy atom. The normalized spacial score (nSPS) is 14.3. The molecule has 0 spiro atoms. The molecule has 2 unspecified atom stereocenters. The maximum absolute atomic E-state index is 11.9. The summed E-state index contributed by atoms with van der Waals surface area (Å²) in [6, 6.07) is 7.48. The number of benzene rings is 1. The molecule has 3 heteroatoms. The molecule has 100 valence electrons. The number of carbonyl (C=O) groups excluding carboxylic acids is 1. The fourth-order valence-corrected chi connectivity index (χ4v) is 1.69. The van der Waals surface area contributed by atoms with Crippen LogP contribution in [-0.4, -0.2) is 11.9 Å². The fraction of sp³-hybridized carbons (Fsp3) is 0.533. The van der Waals surface area contributed by atoms with Crippen LogP contribution in [-0.2, 0) is 4.79 Å². The molecular weight excluding hydrogens is 224 g/mol. The molecule has 0 aliphatic rings. The molecule has 0 saturated carbocycles. The van der Waals surface area contributed by atoms with Crippen molar-refractivity contribution in [3.05, 3.63) is 29.8 Å². The van der Waals surface area contributed by atoms with E-state index in [1.807, 2.05) is 38.1 Å². The van der Waals surface area contributed by atoms with E-state index in [-0.39, 0.29) is 11.8 Å². The van der Waals surface area contributed by atoms with Crippen molar-refractivity contribution in [3.8, 4) is 0 Å². The summed E-state index contributed by atoms with van der Waals surface area (Å²) >= 11 is 0. The van der Waals surface area contributed by atoms with E-state index >= 15 is 0 Å². The van der Waals surface area contributed by atoms with E-state index in [2.05, 4.69) is 19.2 Å². The largest absolute Gasteiger partial charge is 0.325 e. The number of hydrogen-bond acceptors (Lipinski definition) is 2. The van der Waals surface area contributed by atoms with Gasteiger partial charge in [-0.25, -0.2) is 0 Å². The predicted molar refractivity (Wildman–Crippen MR) is 76.6 cm³/mol. The van der Waals surface area contributed by atoms with Gasteiger partial charge in [0, 0.05) is 5.69 Å². The number of hydrogen-bond donors (Lipinski definition) is 2. The molecule has 0 saturated heterocycles. The lowest BCUT2D eigenvalue weighted by atomic mass is 9.99. The van der Waals surface area contributed by atoms with Crippen molar-refractivity contribution >= 4 is 11.6 Å². The van der Waals surface area contributed by atoms with Gasteiger partial charge in [0.2, 0.25) is 5.91 Å². The quantitative estimate of drug-likeness (QED) is 0.841. The Hall–Kier alpha value is -1.35. The Bertz CT molecular complexity index is 384. The molecule has 18 heavy (non-hydrogen) atoms. The van der Waals surface area contributed by atoms with Crippen molar-refractivity contribution < 1.29 is 4.79 Å². The summed E-state index contributed by atoms with van der Waals surface area (Å²) in [7, 11) is 0. The summed E-state index contributed by atoms with van der Waals surface area (Å²) in [4.78, 5) is 11.9. The first-order valence-electron chi connectivity index (χ1n) is 6.62. The van der Waals surface area contributed by atoms with Crippen molar-refractivity contribution in [1.29, 1.82) is 0 Å². The number of carbonyl (C=O) groups is 1. The Morgan fingerprint density at radius 2 is 1.78 bits per heavy atom. The molecule has 0 aliphatic heterocycles. The zero-order chi connectivity index (χ0) is 13.7. The van der Waals surface area contributed by atoms with Gasteiger partial charge in [0.15, 0.2) is 0 Å². The van der Waals surface area contributed by atoms with Crippen LogP contribution in [0, 0.1) is 5.92 Å². The highest BCUT2D eigenvalue weighted by molar-refractivity contribution is 5.94. The molecule has 0 aromatic heterocycles. The first kappa shape index (κ1) is 14.7. The van der Waals surface area contributed by atoms with Crippen molar-refractivity contribution in [2.45, 2.75) is 46.1 Å². The van der Waals surface area contributed by atoms with E-state index in [1.54, 1.807) is 0 Å². The first-order chi connectivity index (χ1) is 8.45. The summed E-state index contributed by atoms with van der Waals surface area (Å²) in [5, 5.41) is 2.86.